The lowest BCUT2D eigenvalue weighted by atomic mass is 10.1. The van der Waals surface area contributed by atoms with Crippen molar-refractivity contribution in [2.45, 2.75) is 13.0 Å². The van der Waals surface area contributed by atoms with E-state index in [0.717, 1.165) is 22.6 Å². The summed E-state index contributed by atoms with van der Waals surface area (Å²) in [5.41, 5.74) is 2.60. The molecule has 1 heterocycles. The van der Waals surface area contributed by atoms with Gasteiger partial charge in [-0.2, -0.15) is 0 Å². The summed E-state index contributed by atoms with van der Waals surface area (Å²) < 4.78 is 10.6. The Labute approximate surface area is 162 Å². The molecule has 1 aromatic heterocycles. The lowest BCUT2D eigenvalue weighted by molar-refractivity contribution is 0.240. The molecular weight excluding hydrogens is 366 g/mol. The fourth-order valence-electron chi connectivity index (χ4n) is 2.54. The Morgan fingerprint density at radius 1 is 1.15 bits per heavy atom. The smallest absolute Gasteiger partial charge is 0.315 e. The Morgan fingerprint density at radius 2 is 2.00 bits per heavy atom. The third-order valence-electron chi connectivity index (χ3n) is 3.92. The van der Waals surface area contributed by atoms with Gasteiger partial charge in [-0.15, -0.1) is 0 Å². The molecule has 6 nitrogen and oxygen atoms in total. The number of urea groups is 1. The Morgan fingerprint density at radius 3 is 2.81 bits per heavy atom. The molecule has 0 saturated heterocycles. The Bertz CT molecular complexity index is 911. The number of nitrogens with zero attached hydrogens (tertiary/aromatic N) is 1. The minimum Gasteiger partial charge on any atom is -0.497 e. The number of amides is 2. The first-order chi connectivity index (χ1) is 13.1. The predicted octanol–water partition coefficient (Wildman–Crippen LogP) is 4.05. The van der Waals surface area contributed by atoms with Crippen LogP contribution in [0.5, 0.6) is 5.75 Å². The first-order valence-corrected chi connectivity index (χ1v) is 8.88. The monoisotopic (exact) mass is 385 g/mol. The van der Waals surface area contributed by atoms with Crippen LogP contribution in [-0.4, -0.2) is 24.8 Å². The highest BCUT2D eigenvalue weighted by Gasteiger charge is 2.08. The van der Waals surface area contributed by atoms with Gasteiger partial charge in [0.15, 0.2) is 5.76 Å². The van der Waals surface area contributed by atoms with E-state index in [9.17, 15) is 4.79 Å². The third kappa shape index (κ3) is 5.49. The zero-order chi connectivity index (χ0) is 19.1. The average molecular weight is 386 g/mol. The lowest BCUT2D eigenvalue weighted by Gasteiger charge is -2.07. The van der Waals surface area contributed by atoms with E-state index in [-0.39, 0.29) is 6.03 Å². The Balaban J connectivity index is 1.45. The van der Waals surface area contributed by atoms with Crippen LogP contribution in [0.1, 0.15) is 11.3 Å². The Kier molecular flexibility index (Phi) is 6.33. The first kappa shape index (κ1) is 18.8. The van der Waals surface area contributed by atoms with Crippen molar-refractivity contribution in [3.05, 3.63) is 70.9 Å². The molecule has 0 unspecified atom stereocenters. The van der Waals surface area contributed by atoms with Crippen LogP contribution in [0.15, 0.2) is 59.1 Å². The van der Waals surface area contributed by atoms with Gasteiger partial charge < -0.3 is 19.9 Å². The van der Waals surface area contributed by atoms with Gasteiger partial charge in [-0.05, 0) is 29.8 Å². The molecule has 0 aliphatic rings. The zero-order valence-corrected chi connectivity index (χ0v) is 15.6. The zero-order valence-electron chi connectivity index (χ0n) is 14.9. The summed E-state index contributed by atoms with van der Waals surface area (Å²) in [4.78, 5) is 11.9. The number of rotatable bonds is 7. The molecule has 3 aromatic rings. The average Bonchev–Trinajstić information content (AvgIpc) is 3.15. The van der Waals surface area contributed by atoms with Gasteiger partial charge in [0.1, 0.15) is 5.75 Å². The maximum atomic E-state index is 11.9. The number of hydrogen-bond acceptors (Lipinski definition) is 4. The van der Waals surface area contributed by atoms with Crippen molar-refractivity contribution in [2.75, 3.05) is 13.7 Å². The topological polar surface area (TPSA) is 76.4 Å². The lowest BCUT2D eigenvalue weighted by Crippen LogP contribution is -2.36. The van der Waals surface area contributed by atoms with Crippen LogP contribution in [0.25, 0.3) is 11.3 Å². The standard InChI is InChI=1S/C20H20ClN3O3/c1-26-18-7-3-5-15(11-18)19-12-17(24-27-19)8-9-22-20(25)23-13-14-4-2-6-16(21)10-14/h2-7,10-12H,8-9,13H2,1H3,(H2,22,23,25). The van der Waals surface area contributed by atoms with Gasteiger partial charge in [0.2, 0.25) is 0 Å². The van der Waals surface area contributed by atoms with Gasteiger partial charge in [-0.25, -0.2) is 4.79 Å². The molecule has 0 aliphatic heterocycles. The van der Waals surface area contributed by atoms with E-state index in [0.29, 0.717) is 30.3 Å². The summed E-state index contributed by atoms with van der Waals surface area (Å²) in [6.07, 6.45) is 0.568. The molecule has 140 valence electrons. The van der Waals surface area contributed by atoms with Crippen molar-refractivity contribution in [1.82, 2.24) is 15.8 Å². The van der Waals surface area contributed by atoms with Crippen molar-refractivity contribution in [2.24, 2.45) is 0 Å². The van der Waals surface area contributed by atoms with E-state index in [2.05, 4.69) is 15.8 Å². The number of aromatic nitrogens is 1. The number of nitrogens with one attached hydrogen (secondary N) is 2. The number of hydrogen-bond donors (Lipinski definition) is 2. The summed E-state index contributed by atoms with van der Waals surface area (Å²) in [5.74, 6) is 1.41. The van der Waals surface area contributed by atoms with Crippen molar-refractivity contribution >= 4 is 17.6 Å². The van der Waals surface area contributed by atoms with Gasteiger partial charge in [-0.1, -0.05) is 41.0 Å². The number of carbonyl (C=O) groups is 1. The normalized spacial score (nSPS) is 10.4. The van der Waals surface area contributed by atoms with Gasteiger partial charge in [0.25, 0.3) is 0 Å². The molecule has 0 fully saturated rings. The summed E-state index contributed by atoms with van der Waals surface area (Å²) in [6, 6.07) is 16.5. The summed E-state index contributed by atoms with van der Waals surface area (Å²) in [7, 11) is 1.62. The highest BCUT2D eigenvalue weighted by atomic mass is 35.5. The summed E-state index contributed by atoms with van der Waals surface area (Å²) in [5, 5.41) is 10.3. The quantitative estimate of drug-likeness (QED) is 0.643. The van der Waals surface area contributed by atoms with Crippen LogP contribution in [0.4, 0.5) is 4.79 Å². The fourth-order valence-corrected chi connectivity index (χ4v) is 2.75. The molecular formula is C20H20ClN3O3. The number of benzene rings is 2. The van der Waals surface area contributed by atoms with Crippen molar-refractivity contribution < 1.29 is 14.1 Å². The molecule has 27 heavy (non-hydrogen) atoms. The summed E-state index contributed by atoms with van der Waals surface area (Å²) in [6.45, 7) is 0.863. The molecule has 2 N–H and O–H groups in total. The number of ether oxygens (including phenoxy) is 1. The van der Waals surface area contributed by atoms with Crippen LogP contribution in [0.2, 0.25) is 5.02 Å². The van der Waals surface area contributed by atoms with Crippen molar-refractivity contribution in [3.8, 4) is 17.1 Å². The van der Waals surface area contributed by atoms with Gasteiger partial charge in [0.05, 0.1) is 12.8 Å². The van der Waals surface area contributed by atoms with E-state index in [4.69, 9.17) is 20.9 Å². The Hall–Kier alpha value is -2.99. The highest BCUT2D eigenvalue weighted by molar-refractivity contribution is 6.30. The van der Waals surface area contributed by atoms with Gasteiger partial charge in [-0.3, -0.25) is 0 Å². The van der Waals surface area contributed by atoms with E-state index in [1.807, 2.05) is 48.5 Å². The van der Waals surface area contributed by atoms with Crippen LogP contribution in [0.3, 0.4) is 0 Å². The maximum absolute atomic E-state index is 11.9. The summed E-state index contributed by atoms with van der Waals surface area (Å²) >= 11 is 5.92. The highest BCUT2D eigenvalue weighted by Crippen LogP contribution is 2.24. The van der Waals surface area contributed by atoms with Gasteiger partial charge in [0, 0.05) is 36.2 Å². The molecule has 0 bridgehead atoms. The van der Waals surface area contributed by atoms with Crippen LogP contribution in [-0.2, 0) is 13.0 Å². The van der Waals surface area contributed by atoms with Crippen LogP contribution < -0.4 is 15.4 Å². The van der Waals surface area contributed by atoms with E-state index in [1.165, 1.54) is 0 Å². The fraction of sp³-hybridized carbons (Fsp3) is 0.200. The molecule has 0 aliphatic carbocycles. The third-order valence-corrected chi connectivity index (χ3v) is 4.16. The first-order valence-electron chi connectivity index (χ1n) is 8.50. The molecule has 0 spiro atoms. The maximum Gasteiger partial charge on any atom is 0.315 e. The minimum atomic E-state index is -0.244. The van der Waals surface area contributed by atoms with Crippen molar-refractivity contribution in [3.63, 3.8) is 0 Å². The van der Waals surface area contributed by atoms with Gasteiger partial charge >= 0.3 is 6.03 Å². The second-order valence-electron chi connectivity index (χ2n) is 5.90. The molecule has 2 aromatic carbocycles. The molecule has 2 amide bonds. The minimum absolute atomic E-state index is 0.244. The SMILES string of the molecule is COc1cccc(-c2cc(CCNC(=O)NCc3cccc(Cl)c3)no2)c1. The second-order valence-corrected chi connectivity index (χ2v) is 6.34. The second kappa shape index (κ2) is 9.09. The number of methoxy groups -OCH3 is 1. The van der Waals surface area contributed by atoms with Crippen LogP contribution >= 0.6 is 11.6 Å². The van der Waals surface area contributed by atoms with E-state index < -0.39 is 0 Å². The van der Waals surface area contributed by atoms with Crippen molar-refractivity contribution in [1.29, 1.82) is 0 Å². The molecule has 7 heteroatoms. The van der Waals surface area contributed by atoms with E-state index in [1.54, 1.807) is 13.2 Å². The molecule has 0 radical (unpaired) electrons. The number of halogens is 1. The largest absolute Gasteiger partial charge is 0.497 e. The predicted molar refractivity (Wildman–Crippen MR) is 104 cm³/mol. The van der Waals surface area contributed by atoms with Crippen LogP contribution in [0, 0.1) is 0 Å². The molecule has 3 rings (SSSR count). The molecule has 0 atom stereocenters. The number of carbonyl (C=O) groups excluding carboxylic acids is 1. The van der Waals surface area contributed by atoms with E-state index >= 15 is 0 Å². The molecule has 0 saturated carbocycles.